The smallest absolute Gasteiger partial charge is 0.344 e. The Morgan fingerprint density at radius 1 is 0.844 bits per heavy atom. The van der Waals surface area contributed by atoms with Crippen LogP contribution in [0.1, 0.15) is 29.2 Å². The van der Waals surface area contributed by atoms with E-state index in [2.05, 4.69) is 29.4 Å². The minimum absolute atomic E-state index is 0.0131. The van der Waals surface area contributed by atoms with Gasteiger partial charge in [-0.1, -0.05) is 78.9 Å². The lowest BCUT2D eigenvalue weighted by Gasteiger charge is -2.15. The zero-order valence-corrected chi connectivity index (χ0v) is 17.7. The number of hydrogen-bond acceptors (Lipinski definition) is 5. The Morgan fingerprint density at radius 3 is 2.06 bits per heavy atom. The second kappa shape index (κ2) is 10.9. The number of nitrogens with zero attached hydrogens (tertiary/aromatic N) is 3. The molecule has 6 heteroatoms. The van der Waals surface area contributed by atoms with Crippen molar-refractivity contribution in [1.29, 1.82) is 0 Å². The number of carbonyl (C=O) groups excluding carboxylic acids is 1. The maximum Gasteiger partial charge on any atom is 0.344 e. The van der Waals surface area contributed by atoms with Crippen molar-refractivity contribution in [1.82, 2.24) is 15.0 Å². The minimum atomic E-state index is -0.392. The van der Waals surface area contributed by atoms with Gasteiger partial charge in [-0.25, -0.2) is 4.79 Å². The maximum absolute atomic E-state index is 11.8. The van der Waals surface area contributed by atoms with Gasteiger partial charge in [-0.05, 0) is 23.3 Å². The fourth-order valence-electron chi connectivity index (χ4n) is 3.47. The number of para-hydroxylation sites is 1. The van der Waals surface area contributed by atoms with Crippen molar-refractivity contribution in [2.45, 2.75) is 18.9 Å². The topological polar surface area (TPSA) is 66.2 Å². The third-order valence-corrected chi connectivity index (χ3v) is 4.98. The fraction of sp³-hybridized carbons (Fsp3) is 0.192. The summed E-state index contributed by atoms with van der Waals surface area (Å²) in [4.78, 5) is 13.5. The third kappa shape index (κ3) is 5.82. The third-order valence-electron chi connectivity index (χ3n) is 4.98. The van der Waals surface area contributed by atoms with Gasteiger partial charge in [-0.3, -0.25) is 0 Å². The molecule has 4 rings (SSSR count). The average molecular weight is 428 g/mol. The summed E-state index contributed by atoms with van der Waals surface area (Å²) < 4.78 is 10.6. The van der Waals surface area contributed by atoms with Crippen LogP contribution in [0.4, 0.5) is 0 Å². The lowest BCUT2D eigenvalue weighted by molar-refractivity contribution is -0.146. The number of ether oxygens (including phenoxy) is 2. The maximum atomic E-state index is 11.8. The van der Waals surface area contributed by atoms with E-state index < -0.39 is 5.97 Å². The van der Waals surface area contributed by atoms with Crippen molar-refractivity contribution in [2.24, 2.45) is 0 Å². The first-order valence-electron chi connectivity index (χ1n) is 10.6. The Bertz CT molecular complexity index is 1060. The summed E-state index contributed by atoms with van der Waals surface area (Å²) in [6, 6.07) is 29.8. The van der Waals surface area contributed by atoms with Gasteiger partial charge in [-0.2, -0.15) is 15.0 Å². The monoisotopic (exact) mass is 427 g/mol. The lowest BCUT2D eigenvalue weighted by atomic mass is 9.89. The average Bonchev–Trinajstić information content (AvgIpc) is 3.31. The molecule has 0 unspecified atom stereocenters. The molecular formula is C26H25N3O3. The van der Waals surface area contributed by atoms with Crippen molar-refractivity contribution in [2.75, 3.05) is 13.2 Å². The molecule has 6 nitrogen and oxygen atoms in total. The first-order valence-corrected chi connectivity index (χ1v) is 10.6. The van der Waals surface area contributed by atoms with E-state index >= 15 is 0 Å². The largest absolute Gasteiger partial charge is 0.482 e. The Labute approximate surface area is 187 Å². The highest BCUT2D eigenvalue weighted by molar-refractivity contribution is 5.71. The highest BCUT2D eigenvalue weighted by atomic mass is 16.6. The number of rotatable bonds is 10. The molecule has 0 atom stereocenters. The summed E-state index contributed by atoms with van der Waals surface area (Å²) in [5, 5.41) is 9.12. The predicted molar refractivity (Wildman–Crippen MR) is 121 cm³/mol. The van der Waals surface area contributed by atoms with Crippen LogP contribution in [-0.2, 0) is 16.1 Å². The molecule has 0 N–H and O–H groups in total. The van der Waals surface area contributed by atoms with E-state index in [0.29, 0.717) is 18.7 Å². The summed E-state index contributed by atoms with van der Waals surface area (Å²) in [7, 11) is 0. The second-order valence-corrected chi connectivity index (χ2v) is 7.30. The number of carbonyl (C=O) groups is 1. The number of esters is 1. The van der Waals surface area contributed by atoms with E-state index in [0.717, 1.165) is 16.8 Å². The Morgan fingerprint density at radius 2 is 1.44 bits per heavy atom. The zero-order valence-electron chi connectivity index (χ0n) is 17.7. The van der Waals surface area contributed by atoms with Gasteiger partial charge < -0.3 is 9.47 Å². The second-order valence-electron chi connectivity index (χ2n) is 7.30. The van der Waals surface area contributed by atoms with Crippen LogP contribution in [-0.4, -0.2) is 34.2 Å². The normalized spacial score (nSPS) is 10.8. The summed E-state index contributed by atoms with van der Waals surface area (Å²) in [6.07, 6.45) is 2.43. The molecular weight excluding hydrogens is 402 g/mol. The number of aryl methyl sites for hydroxylation is 1. The number of benzene rings is 3. The van der Waals surface area contributed by atoms with Crippen LogP contribution in [0.15, 0.2) is 97.2 Å². The molecule has 4 aromatic rings. The van der Waals surface area contributed by atoms with Crippen LogP contribution in [0, 0.1) is 0 Å². The summed E-state index contributed by atoms with van der Waals surface area (Å²) in [6.45, 7) is 0.738. The Kier molecular flexibility index (Phi) is 7.26. The summed E-state index contributed by atoms with van der Waals surface area (Å²) in [5.41, 5.74) is 3.21. The van der Waals surface area contributed by atoms with E-state index in [9.17, 15) is 4.79 Å². The van der Waals surface area contributed by atoms with Crippen molar-refractivity contribution < 1.29 is 14.3 Å². The number of hydrogen-bond donors (Lipinski definition) is 0. The van der Waals surface area contributed by atoms with Crippen LogP contribution < -0.4 is 4.74 Å². The highest BCUT2D eigenvalue weighted by Gasteiger charge is 2.19. The molecule has 0 bridgehead atoms. The quantitative estimate of drug-likeness (QED) is 0.276. The first-order chi connectivity index (χ1) is 15.8. The van der Waals surface area contributed by atoms with Crippen molar-refractivity contribution in [3.63, 3.8) is 0 Å². The number of aromatic nitrogens is 3. The molecule has 1 heterocycles. The van der Waals surface area contributed by atoms with E-state index in [1.54, 1.807) is 16.9 Å². The van der Waals surface area contributed by atoms with E-state index in [1.165, 1.54) is 0 Å². The highest BCUT2D eigenvalue weighted by Crippen LogP contribution is 2.30. The van der Waals surface area contributed by atoms with Crippen LogP contribution in [0.5, 0.6) is 5.75 Å². The van der Waals surface area contributed by atoms with Gasteiger partial charge in [0.1, 0.15) is 5.75 Å². The summed E-state index contributed by atoms with van der Waals surface area (Å²) >= 11 is 0. The van der Waals surface area contributed by atoms with Crippen molar-refractivity contribution in [3.8, 4) is 5.75 Å². The first kappa shape index (κ1) is 21.3. The van der Waals surface area contributed by atoms with Gasteiger partial charge >= 0.3 is 5.97 Å². The lowest BCUT2D eigenvalue weighted by Crippen LogP contribution is -2.16. The molecule has 3 aromatic carbocycles. The van der Waals surface area contributed by atoms with Gasteiger partial charge in [0.25, 0.3) is 0 Å². The van der Waals surface area contributed by atoms with Gasteiger partial charge in [0.2, 0.25) is 0 Å². The van der Waals surface area contributed by atoms with Gasteiger partial charge in [0.15, 0.2) is 6.61 Å². The van der Waals surface area contributed by atoms with Crippen LogP contribution in [0.25, 0.3) is 0 Å². The van der Waals surface area contributed by atoms with E-state index in [-0.39, 0.29) is 19.1 Å². The van der Waals surface area contributed by atoms with Crippen molar-refractivity contribution in [3.05, 3.63) is 114 Å². The Balaban J connectivity index is 1.30. The zero-order chi connectivity index (χ0) is 22.0. The molecule has 0 fully saturated rings. The molecule has 0 aliphatic carbocycles. The molecule has 0 radical (unpaired) electrons. The van der Waals surface area contributed by atoms with E-state index in [1.807, 2.05) is 60.8 Å². The molecule has 162 valence electrons. The molecule has 0 saturated carbocycles. The van der Waals surface area contributed by atoms with Gasteiger partial charge in [-0.15, -0.1) is 0 Å². The van der Waals surface area contributed by atoms with Gasteiger partial charge in [0, 0.05) is 6.42 Å². The van der Waals surface area contributed by atoms with Crippen LogP contribution >= 0.6 is 0 Å². The predicted octanol–water partition coefficient (Wildman–Crippen LogP) is 4.47. The molecule has 0 amide bonds. The Hall–Kier alpha value is -3.93. The molecule has 32 heavy (non-hydrogen) atoms. The van der Waals surface area contributed by atoms with Crippen LogP contribution in [0.3, 0.4) is 0 Å². The fourth-order valence-corrected chi connectivity index (χ4v) is 3.47. The molecule has 0 aliphatic heterocycles. The minimum Gasteiger partial charge on any atom is -0.482 e. The molecule has 0 spiro atoms. The standard InChI is InChI=1S/C26H25N3O3/c30-25(20-32-23-15-8-3-9-16-23)31-18-10-17-29-27-19-24(28-29)26(21-11-4-1-5-12-21)22-13-6-2-7-14-22/h1-9,11-16,19,26H,10,17-18,20H2. The van der Waals surface area contributed by atoms with Gasteiger partial charge in [0.05, 0.1) is 31.0 Å². The van der Waals surface area contributed by atoms with E-state index in [4.69, 9.17) is 14.6 Å². The molecule has 0 saturated heterocycles. The van der Waals surface area contributed by atoms with Crippen LogP contribution in [0.2, 0.25) is 0 Å². The SMILES string of the molecule is O=C(COc1ccccc1)OCCCn1ncc(C(c2ccccc2)c2ccccc2)n1. The van der Waals surface area contributed by atoms with Crippen molar-refractivity contribution >= 4 is 5.97 Å². The summed E-state index contributed by atoms with van der Waals surface area (Å²) in [5.74, 6) is 0.263. The molecule has 1 aromatic heterocycles. The molecule has 0 aliphatic rings.